The molecule has 0 aromatic heterocycles. The maximum absolute atomic E-state index is 9.62. The van der Waals surface area contributed by atoms with E-state index in [2.05, 4.69) is 4.30 Å². The van der Waals surface area contributed by atoms with Crippen LogP contribution in [0.15, 0.2) is 4.30 Å². The van der Waals surface area contributed by atoms with E-state index in [0.717, 1.165) is 0 Å². The van der Waals surface area contributed by atoms with Crippen LogP contribution in [0, 0.1) is 0 Å². The minimum atomic E-state index is -2.37. The van der Waals surface area contributed by atoms with E-state index in [1.807, 2.05) is 0 Å². The van der Waals surface area contributed by atoms with E-state index in [1.54, 1.807) is 0 Å². The van der Waals surface area contributed by atoms with E-state index >= 15 is 0 Å². The Balaban J connectivity index is 3.67. The van der Waals surface area contributed by atoms with Gasteiger partial charge in [-0.2, -0.15) is 0 Å². The molecule has 46 valence electrons. The van der Waals surface area contributed by atoms with Crippen molar-refractivity contribution in [2.45, 2.75) is 0 Å². The summed E-state index contributed by atoms with van der Waals surface area (Å²) in [6.45, 7) is 0. The number of nitrogens with zero attached hydrogens (tertiary/aromatic N) is 1. The van der Waals surface area contributed by atoms with E-state index in [-0.39, 0.29) is 0 Å². The predicted octanol–water partition coefficient (Wildman–Crippen LogP) is -0.852. The van der Waals surface area contributed by atoms with Gasteiger partial charge in [-0.3, -0.25) is 0 Å². The van der Waals surface area contributed by atoms with Gasteiger partial charge >= 0.3 is 50.4 Å². The van der Waals surface area contributed by atoms with Crippen molar-refractivity contribution in [3.05, 3.63) is 0 Å². The van der Waals surface area contributed by atoms with Gasteiger partial charge in [-0.15, -0.1) is 0 Å². The summed E-state index contributed by atoms with van der Waals surface area (Å²) in [5, 5.41) is 0. The average molecular weight is 155 g/mol. The van der Waals surface area contributed by atoms with Crippen LogP contribution in [0.2, 0.25) is 0 Å². The quantitative estimate of drug-likeness (QED) is 0.401. The Morgan fingerprint density at radius 2 is 1.88 bits per heavy atom. The first kappa shape index (κ1) is 8.08. The topological polar surface area (TPSA) is 87.0 Å². The van der Waals surface area contributed by atoms with Gasteiger partial charge in [0.1, 0.15) is 0 Å². The molecule has 0 radical (unpaired) electrons. The fourth-order valence-electron chi connectivity index (χ4n) is 0.0736. The van der Waals surface area contributed by atoms with E-state index in [1.165, 1.54) is 0 Å². The molecule has 0 rings (SSSR count). The second-order valence-corrected chi connectivity index (χ2v) is 2.15. The van der Waals surface area contributed by atoms with Crippen molar-refractivity contribution in [1.29, 1.82) is 0 Å². The van der Waals surface area contributed by atoms with Crippen molar-refractivity contribution in [2.75, 3.05) is 0 Å². The first-order valence-corrected chi connectivity index (χ1v) is 3.61. The van der Waals surface area contributed by atoms with Crippen molar-refractivity contribution in [3.8, 4) is 0 Å². The molecule has 0 saturated heterocycles. The van der Waals surface area contributed by atoms with Gasteiger partial charge in [-0.05, 0) is 0 Å². The van der Waals surface area contributed by atoms with Crippen molar-refractivity contribution in [1.82, 2.24) is 0 Å². The number of hydrogen-bond donors (Lipinski definition) is 2. The van der Waals surface area contributed by atoms with Crippen LogP contribution in [0.1, 0.15) is 0 Å². The molecule has 0 fully saturated rings. The molecule has 0 aliphatic carbocycles. The van der Waals surface area contributed by atoms with E-state index in [0.29, 0.717) is 6.35 Å². The molecule has 0 aromatic carbocycles. The van der Waals surface area contributed by atoms with Gasteiger partial charge in [0.15, 0.2) is 0 Å². The molecule has 0 bridgehead atoms. The third-order valence-electron chi connectivity index (χ3n) is 0.223. The van der Waals surface area contributed by atoms with Gasteiger partial charge in [0.05, 0.1) is 0 Å². The van der Waals surface area contributed by atoms with Crippen LogP contribution in [0.3, 0.4) is 0 Å². The Morgan fingerprint density at radius 1 is 1.38 bits per heavy atom. The van der Waals surface area contributed by atoms with Crippen LogP contribution in [0.25, 0.3) is 0 Å². The molecule has 2 N–H and O–H groups in total. The molecule has 0 amide bonds. The molecule has 0 spiro atoms. The third kappa shape index (κ3) is 6.08. The van der Waals surface area contributed by atoms with Gasteiger partial charge in [0, 0.05) is 0 Å². The predicted molar refractivity (Wildman–Crippen MR) is 29.7 cm³/mol. The summed E-state index contributed by atoms with van der Waals surface area (Å²) in [6.07, 6.45) is 0.468. The standard InChI is InChI=1S/BH2NO4S2/c3-7(4)1-2-8(5)6/h(H,3,4)(H,5,6). The second kappa shape index (κ2) is 4.01. The number of rotatable bonds is 2. The summed E-state index contributed by atoms with van der Waals surface area (Å²) in [4.78, 5) is 0. The fourth-order valence-corrected chi connectivity index (χ4v) is 0.663. The first-order valence-electron chi connectivity index (χ1n) is 1.37. The zero-order valence-corrected chi connectivity index (χ0v) is 5.18. The van der Waals surface area contributed by atoms with Gasteiger partial charge in [-0.1, -0.05) is 0 Å². The Kier molecular flexibility index (Phi) is 4.06. The minimum absolute atomic E-state index is 0.468. The maximum atomic E-state index is 9.62. The van der Waals surface area contributed by atoms with Crippen molar-refractivity contribution in [2.24, 2.45) is 4.30 Å². The summed E-state index contributed by atoms with van der Waals surface area (Å²) in [7, 11) is -2.23. The van der Waals surface area contributed by atoms with E-state index in [4.69, 9.17) is 9.11 Å². The molecule has 2 atom stereocenters. The van der Waals surface area contributed by atoms with Gasteiger partial charge in [0.2, 0.25) is 0 Å². The summed E-state index contributed by atoms with van der Waals surface area (Å²) in [6, 6.07) is 0. The Bertz CT molecular complexity index is 125. The molecule has 0 saturated carbocycles. The van der Waals surface area contributed by atoms with Crippen LogP contribution in [-0.2, 0) is 22.2 Å². The van der Waals surface area contributed by atoms with Crippen molar-refractivity contribution < 1.29 is 17.5 Å². The molecule has 0 heterocycles. The SMILES string of the molecule is O=S(O)B=NS(=O)O. The summed E-state index contributed by atoms with van der Waals surface area (Å²) in [5.74, 6) is 0. The molecule has 0 aromatic rings. The van der Waals surface area contributed by atoms with Crippen LogP contribution in [-0.4, -0.2) is 23.9 Å². The monoisotopic (exact) mass is 155 g/mol. The van der Waals surface area contributed by atoms with Crippen LogP contribution >= 0.6 is 0 Å². The summed E-state index contributed by atoms with van der Waals surface area (Å²) in [5.41, 5.74) is 0. The number of hydrogen-bond acceptors (Lipinski definition) is 2. The molecular weight excluding hydrogens is 153 g/mol. The normalized spacial score (nSPS) is 17.8. The second-order valence-electron chi connectivity index (χ2n) is 0.718. The molecular formula is H2BNO4S2. The van der Waals surface area contributed by atoms with E-state index in [9.17, 15) is 8.42 Å². The average Bonchev–Trinajstić information content (AvgIpc) is 1.61. The van der Waals surface area contributed by atoms with Crippen LogP contribution < -0.4 is 0 Å². The van der Waals surface area contributed by atoms with Gasteiger partial charge in [0.25, 0.3) is 0 Å². The van der Waals surface area contributed by atoms with Gasteiger partial charge in [-0.25, -0.2) is 0 Å². The van der Waals surface area contributed by atoms with Crippen molar-refractivity contribution >= 4 is 28.5 Å². The molecule has 0 aliphatic heterocycles. The zero-order valence-electron chi connectivity index (χ0n) is 3.55. The third-order valence-corrected chi connectivity index (χ3v) is 0.928. The molecule has 5 nitrogen and oxygen atoms in total. The van der Waals surface area contributed by atoms with Crippen LogP contribution in [0.5, 0.6) is 0 Å². The Morgan fingerprint density at radius 3 is 2.00 bits per heavy atom. The Labute approximate surface area is 51.0 Å². The fraction of sp³-hybridized carbons (Fsp3) is 0. The summed E-state index contributed by atoms with van der Waals surface area (Å²) >= 11 is -2.37. The van der Waals surface area contributed by atoms with E-state index < -0.39 is 22.2 Å². The first-order chi connectivity index (χ1) is 3.63. The van der Waals surface area contributed by atoms with Crippen LogP contribution in [0.4, 0.5) is 0 Å². The Hall–Kier alpha value is 0.0849. The zero-order chi connectivity index (χ0) is 6.57. The van der Waals surface area contributed by atoms with Gasteiger partial charge < -0.3 is 0 Å². The molecule has 0 aliphatic rings. The molecule has 8 heavy (non-hydrogen) atoms. The molecule has 2 unspecified atom stereocenters. The van der Waals surface area contributed by atoms with Crippen molar-refractivity contribution in [3.63, 3.8) is 0 Å². The molecule has 8 heteroatoms. The summed E-state index contributed by atoms with van der Waals surface area (Å²) < 4.78 is 37.6.